The molecule has 20 heavy (non-hydrogen) atoms. The molecule has 2 heteroatoms. The van der Waals surface area contributed by atoms with Crippen LogP contribution in [0.15, 0.2) is 91.0 Å². The molecule has 0 radical (unpaired) electrons. The normalized spacial score (nSPS) is 11.2. The van der Waals surface area contributed by atoms with Crippen LogP contribution in [0.1, 0.15) is 0 Å². The molecule has 0 unspecified atom stereocenters. The Balaban J connectivity index is 2.24. The van der Waals surface area contributed by atoms with Crippen molar-refractivity contribution in [3.63, 3.8) is 0 Å². The molecule has 0 aliphatic carbocycles. The number of rotatable bonds is 3. The topological polar surface area (TPSA) is 0 Å². The summed E-state index contributed by atoms with van der Waals surface area (Å²) in [6.07, 6.45) is 0. The van der Waals surface area contributed by atoms with E-state index in [2.05, 4.69) is 91.0 Å². The van der Waals surface area contributed by atoms with Crippen LogP contribution >= 0.6 is 4.95 Å². The van der Waals surface area contributed by atoms with E-state index in [4.69, 9.17) is 0 Å². The van der Waals surface area contributed by atoms with E-state index in [-0.39, 0.29) is 0 Å². The predicted molar refractivity (Wildman–Crippen MR) is 92.3 cm³/mol. The SMILES string of the molecule is [TeH][P+](c1ccccc1)(c1ccccc1)c1ccccc1. The minimum absolute atomic E-state index is 1.45. The fraction of sp³-hybridized carbons (Fsp3) is 0. The molecule has 0 aliphatic heterocycles. The third kappa shape index (κ3) is 2.55. The fourth-order valence-electron chi connectivity index (χ4n) is 2.38. The molecule has 0 heterocycles. The molecule has 3 rings (SSSR count). The second kappa shape index (κ2) is 6.11. The molecule has 0 saturated carbocycles. The van der Waals surface area contributed by atoms with Gasteiger partial charge in [-0.15, -0.1) is 0 Å². The van der Waals surface area contributed by atoms with Crippen molar-refractivity contribution in [1.82, 2.24) is 0 Å². The summed E-state index contributed by atoms with van der Waals surface area (Å²) >= 11 is 1.95. The Morgan fingerprint density at radius 1 is 0.450 bits per heavy atom. The molecule has 3 aromatic rings. The first-order chi connectivity index (χ1) is 9.82. The summed E-state index contributed by atoms with van der Waals surface area (Å²) in [5.74, 6) is 0. The van der Waals surface area contributed by atoms with Crippen molar-refractivity contribution in [3.05, 3.63) is 91.0 Å². The predicted octanol–water partition coefficient (Wildman–Crippen LogP) is 2.80. The Kier molecular flexibility index (Phi) is 4.23. The van der Waals surface area contributed by atoms with Crippen LogP contribution in [0.2, 0.25) is 0 Å². The maximum absolute atomic E-state index is 2.27. The molecule has 0 aliphatic rings. The monoisotopic (exact) mass is 393 g/mol. The number of benzene rings is 3. The Hall–Kier alpha value is -1.12. The average Bonchev–Trinajstić information content (AvgIpc) is 2.56. The van der Waals surface area contributed by atoms with Gasteiger partial charge >= 0.3 is 134 Å². The number of hydrogen-bond acceptors (Lipinski definition) is 0. The van der Waals surface area contributed by atoms with E-state index >= 15 is 0 Å². The van der Waals surface area contributed by atoms with Gasteiger partial charge in [-0.1, -0.05) is 0 Å². The number of hydrogen-bond donors (Lipinski definition) is 0. The standard InChI is InChI=1S/C18H16PTe/c20-19(16-10-4-1-5-11-16,17-12-6-2-7-13-17)18-14-8-3-9-15-18/h1-15,20H/q+1. The Labute approximate surface area is 133 Å². The van der Waals surface area contributed by atoms with E-state index in [0.717, 1.165) is 0 Å². The Morgan fingerprint density at radius 3 is 0.950 bits per heavy atom. The maximum atomic E-state index is 2.27. The van der Waals surface area contributed by atoms with Crippen LogP contribution in [0.5, 0.6) is 0 Å². The summed E-state index contributed by atoms with van der Waals surface area (Å²) < 4.78 is 0. The van der Waals surface area contributed by atoms with Gasteiger partial charge in [0, 0.05) is 0 Å². The fourth-order valence-corrected chi connectivity index (χ4v) is 8.51. The molecule has 3 aromatic carbocycles. The minimum atomic E-state index is -1.48. The van der Waals surface area contributed by atoms with Crippen molar-refractivity contribution in [1.29, 1.82) is 0 Å². The van der Waals surface area contributed by atoms with Crippen LogP contribution in [-0.2, 0) is 0 Å². The van der Waals surface area contributed by atoms with Gasteiger partial charge in [0.1, 0.15) is 0 Å². The zero-order chi connectivity index (χ0) is 13.8. The molecule has 98 valence electrons. The summed E-state index contributed by atoms with van der Waals surface area (Å²) in [7, 11) is 0. The van der Waals surface area contributed by atoms with Crippen LogP contribution in [0.4, 0.5) is 0 Å². The Morgan fingerprint density at radius 2 is 0.700 bits per heavy atom. The molecular formula is C18H16PTe+. The molecule has 0 atom stereocenters. The van der Waals surface area contributed by atoms with Gasteiger partial charge in [-0.05, 0) is 0 Å². The second-order valence-corrected chi connectivity index (χ2v) is 12.6. The molecule has 0 amide bonds. The van der Waals surface area contributed by atoms with Gasteiger partial charge in [-0.2, -0.15) is 0 Å². The summed E-state index contributed by atoms with van der Waals surface area (Å²) in [6, 6.07) is 32.8. The zero-order valence-electron chi connectivity index (χ0n) is 11.1. The third-order valence-electron chi connectivity index (χ3n) is 3.39. The van der Waals surface area contributed by atoms with Gasteiger partial charge in [0.15, 0.2) is 0 Å². The van der Waals surface area contributed by atoms with Gasteiger partial charge in [0.2, 0.25) is 0 Å². The van der Waals surface area contributed by atoms with Crippen molar-refractivity contribution in [3.8, 4) is 0 Å². The Bertz CT molecular complexity index is 569. The van der Waals surface area contributed by atoms with E-state index in [0.29, 0.717) is 0 Å². The molecule has 0 saturated heterocycles. The van der Waals surface area contributed by atoms with Gasteiger partial charge in [-0.25, -0.2) is 0 Å². The van der Waals surface area contributed by atoms with E-state index in [9.17, 15) is 0 Å². The van der Waals surface area contributed by atoms with Crippen LogP contribution in [0, 0.1) is 0 Å². The van der Waals surface area contributed by atoms with Gasteiger partial charge in [-0.3, -0.25) is 0 Å². The first-order valence-electron chi connectivity index (χ1n) is 6.60. The molecule has 0 bridgehead atoms. The van der Waals surface area contributed by atoms with Crippen LogP contribution in [0.3, 0.4) is 0 Å². The summed E-state index contributed by atoms with van der Waals surface area (Å²) in [5, 5.41) is 4.35. The van der Waals surface area contributed by atoms with E-state index in [1.54, 1.807) is 0 Å². The van der Waals surface area contributed by atoms with Crippen molar-refractivity contribution in [2.24, 2.45) is 0 Å². The molecular weight excluding hydrogens is 375 g/mol. The van der Waals surface area contributed by atoms with Crippen LogP contribution in [0.25, 0.3) is 0 Å². The first kappa shape index (κ1) is 13.8. The summed E-state index contributed by atoms with van der Waals surface area (Å²) in [6.45, 7) is 0. The summed E-state index contributed by atoms with van der Waals surface area (Å²) in [4.78, 5) is -1.48. The van der Waals surface area contributed by atoms with Crippen molar-refractivity contribution >= 4 is 42.6 Å². The van der Waals surface area contributed by atoms with Gasteiger partial charge in [0.25, 0.3) is 0 Å². The van der Waals surface area contributed by atoms with E-state index in [1.807, 2.05) is 21.7 Å². The first-order valence-corrected chi connectivity index (χ1v) is 11.8. The van der Waals surface area contributed by atoms with Gasteiger partial charge in [0.05, 0.1) is 0 Å². The molecule has 0 aromatic heterocycles. The van der Waals surface area contributed by atoms with Crippen LogP contribution in [-0.4, -0.2) is 21.7 Å². The molecule has 0 fully saturated rings. The van der Waals surface area contributed by atoms with Crippen molar-refractivity contribution in [2.75, 3.05) is 0 Å². The van der Waals surface area contributed by atoms with Crippen molar-refractivity contribution < 1.29 is 0 Å². The average molecular weight is 391 g/mol. The molecule has 0 nitrogen and oxygen atoms in total. The molecule has 0 N–H and O–H groups in total. The van der Waals surface area contributed by atoms with E-state index in [1.165, 1.54) is 15.9 Å². The van der Waals surface area contributed by atoms with E-state index < -0.39 is 4.95 Å². The molecule has 0 spiro atoms. The zero-order valence-corrected chi connectivity index (χ0v) is 14.5. The second-order valence-electron chi connectivity index (χ2n) is 4.64. The van der Waals surface area contributed by atoms with Gasteiger partial charge < -0.3 is 0 Å². The third-order valence-corrected chi connectivity index (χ3v) is 12.5. The summed E-state index contributed by atoms with van der Waals surface area (Å²) in [5.41, 5.74) is 0. The van der Waals surface area contributed by atoms with Crippen LogP contribution < -0.4 is 15.9 Å². The quantitative estimate of drug-likeness (QED) is 0.476. The van der Waals surface area contributed by atoms with Crippen molar-refractivity contribution in [2.45, 2.75) is 0 Å².